The van der Waals surface area contributed by atoms with Crippen molar-refractivity contribution in [3.63, 3.8) is 0 Å². The van der Waals surface area contributed by atoms with Crippen molar-refractivity contribution in [1.82, 2.24) is 10.2 Å². The SMILES string of the molecule is Cc1nnc(NCC2CCC(Cl)C2)c2ccccc12. The van der Waals surface area contributed by atoms with Crippen LogP contribution in [-0.4, -0.2) is 22.1 Å². The molecule has 2 atom stereocenters. The molecular weight excluding hydrogens is 258 g/mol. The Bertz CT molecular complexity index is 585. The minimum Gasteiger partial charge on any atom is -0.368 e. The van der Waals surface area contributed by atoms with Gasteiger partial charge < -0.3 is 5.32 Å². The Labute approximate surface area is 118 Å². The number of aryl methyl sites for hydroxylation is 1. The number of anilines is 1. The summed E-state index contributed by atoms with van der Waals surface area (Å²) in [5, 5.41) is 14.6. The average molecular weight is 276 g/mol. The van der Waals surface area contributed by atoms with Gasteiger partial charge in [-0.05, 0) is 32.1 Å². The number of fused-ring (bicyclic) bond motifs is 1. The molecule has 1 heterocycles. The minimum atomic E-state index is 0.354. The fourth-order valence-corrected chi connectivity index (χ4v) is 3.19. The van der Waals surface area contributed by atoms with Crippen LogP contribution in [0.15, 0.2) is 24.3 Å². The lowest BCUT2D eigenvalue weighted by molar-refractivity contribution is 0.579. The fraction of sp³-hybridized carbons (Fsp3) is 0.467. The Morgan fingerprint density at radius 2 is 2.00 bits per heavy atom. The van der Waals surface area contributed by atoms with E-state index in [2.05, 4.69) is 27.6 Å². The van der Waals surface area contributed by atoms with Crippen LogP contribution in [0.5, 0.6) is 0 Å². The summed E-state index contributed by atoms with van der Waals surface area (Å²) in [6, 6.07) is 8.27. The Balaban J connectivity index is 1.79. The number of hydrogen-bond donors (Lipinski definition) is 1. The average Bonchev–Trinajstić information content (AvgIpc) is 2.84. The van der Waals surface area contributed by atoms with E-state index in [0.29, 0.717) is 11.3 Å². The molecule has 2 aromatic rings. The second kappa shape index (κ2) is 5.33. The van der Waals surface area contributed by atoms with Gasteiger partial charge in [-0.2, -0.15) is 5.10 Å². The molecule has 2 unspecified atom stereocenters. The van der Waals surface area contributed by atoms with Crippen molar-refractivity contribution >= 4 is 28.2 Å². The quantitative estimate of drug-likeness (QED) is 0.867. The van der Waals surface area contributed by atoms with E-state index in [1.807, 2.05) is 19.1 Å². The van der Waals surface area contributed by atoms with Crippen LogP contribution in [0.25, 0.3) is 10.8 Å². The number of hydrogen-bond acceptors (Lipinski definition) is 3. The zero-order valence-corrected chi connectivity index (χ0v) is 11.8. The summed E-state index contributed by atoms with van der Waals surface area (Å²) in [5.41, 5.74) is 0.975. The van der Waals surface area contributed by atoms with Crippen LogP contribution in [0.4, 0.5) is 5.82 Å². The number of rotatable bonds is 3. The van der Waals surface area contributed by atoms with Crippen LogP contribution in [0.2, 0.25) is 0 Å². The lowest BCUT2D eigenvalue weighted by atomic mass is 10.1. The molecule has 100 valence electrons. The van der Waals surface area contributed by atoms with Crippen LogP contribution in [0.3, 0.4) is 0 Å². The lowest BCUT2D eigenvalue weighted by Gasteiger charge is -2.13. The topological polar surface area (TPSA) is 37.8 Å². The van der Waals surface area contributed by atoms with E-state index < -0.39 is 0 Å². The molecule has 0 spiro atoms. The second-order valence-corrected chi connectivity index (χ2v) is 5.95. The first-order valence-electron chi connectivity index (χ1n) is 6.84. The summed E-state index contributed by atoms with van der Waals surface area (Å²) in [6.07, 6.45) is 3.44. The molecule has 1 fully saturated rings. The molecule has 3 rings (SSSR count). The standard InChI is InChI=1S/C15H18ClN3/c1-10-13-4-2-3-5-14(13)15(19-18-10)17-9-11-6-7-12(16)8-11/h2-5,11-12H,6-9H2,1H3,(H,17,19). The van der Waals surface area contributed by atoms with Crippen LogP contribution < -0.4 is 5.32 Å². The normalized spacial score (nSPS) is 22.8. The zero-order chi connectivity index (χ0) is 13.2. The largest absolute Gasteiger partial charge is 0.368 e. The Kier molecular flexibility index (Phi) is 3.56. The van der Waals surface area contributed by atoms with Gasteiger partial charge in [0.25, 0.3) is 0 Å². The molecule has 0 radical (unpaired) electrons. The maximum atomic E-state index is 6.15. The number of nitrogens with zero attached hydrogens (tertiary/aromatic N) is 2. The molecule has 0 amide bonds. The van der Waals surface area contributed by atoms with E-state index in [1.165, 1.54) is 11.8 Å². The summed E-state index contributed by atoms with van der Waals surface area (Å²) in [5.74, 6) is 1.54. The molecule has 0 saturated heterocycles. The van der Waals surface area contributed by atoms with E-state index in [-0.39, 0.29) is 0 Å². The van der Waals surface area contributed by atoms with Crippen molar-refractivity contribution in [2.24, 2.45) is 5.92 Å². The van der Waals surface area contributed by atoms with E-state index in [4.69, 9.17) is 11.6 Å². The van der Waals surface area contributed by atoms with Gasteiger partial charge in [-0.15, -0.1) is 16.7 Å². The van der Waals surface area contributed by atoms with Crippen molar-refractivity contribution in [2.75, 3.05) is 11.9 Å². The number of nitrogens with one attached hydrogen (secondary N) is 1. The Morgan fingerprint density at radius 3 is 2.74 bits per heavy atom. The highest BCUT2D eigenvalue weighted by molar-refractivity contribution is 6.20. The maximum absolute atomic E-state index is 6.15. The van der Waals surface area contributed by atoms with Crippen LogP contribution in [-0.2, 0) is 0 Å². The molecule has 19 heavy (non-hydrogen) atoms. The summed E-state index contributed by atoms with van der Waals surface area (Å²) < 4.78 is 0. The van der Waals surface area contributed by atoms with Gasteiger partial charge in [0.2, 0.25) is 0 Å². The van der Waals surface area contributed by atoms with Gasteiger partial charge in [0.05, 0.1) is 5.69 Å². The van der Waals surface area contributed by atoms with Gasteiger partial charge in [0, 0.05) is 22.7 Å². The Morgan fingerprint density at radius 1 is 1.21 bits per heavy atom. The van der Waals surface area contributed by atoms with Crippen molar-refractivity contribution in [3.8, 4) is 0 Å². The smallest absolute Gasteiger partial charge is 0.156 e. The third-order valence-electron chi connectivity index (χ3n) is 3.91. The van der Waals surface area contributed by atoms with Crippen molar-refractivity contribution in [2.45, 2.75) is 31.6 Å². The lowest BCUT2D eigenvalue weighted by Crippen LogP contribution is -2.13. The number of halogens is 1. The van der Waals surface area contributed by atoms with Gasteiger partial charge in [-0.1, -0.05) is 24.3 Å². The molecule has 1 aliphatic rings. The molecule has 1 aromatic carbocycles. The van der Waals surface area contributed by atoms with Crippen LogP contribution in [0, 0.1) is 12.8 Å². The fourth-order valence-electron chi connectivity index (χ4n) is 2.81. The summed E-state index contributed by atoms with van der Waals surface area (Å²) in [4.78, 5) is 0. The van der Waals surface area contributed by atoms with Gasteiger partial charge >= 0.3 is 0 Å². The van der Waals surface area contributed by atoms with E-state index in [0.717, 1.165) is 36.3 Å². The molecule has 3 nitrogen and oxygen atoms in total. The van der Waals surface area contributed by atoms with Gasteiger partial charge in [-0.3, -0.25) is 0 Å². The third-order valence-corrected chi connectivity index (χ3v) is 4.30. The number of alkyl halides is 1. The van der Waals surface area contributed by atoms with E-state index in [1.54, 1.807) is 0 Å². The van der Waals surface area contributed by atoms with Crippen molar-refractivity contribution < 1.29 is 0 Å². The predicted octanol–water partition coefficient (Wildman–Crippen LogP) is 3.76. The molecule has 0 bridgehead atoms. The molecule has 1 aromatic heterocycles. The first-order valence-corrected chi connectivity index (χ1v) is 7.27. The van der Waals surface area contributed by atoms with Crippen molar-refractivity contribution in [1.29, 1.82) is 0 Å². The summed E-state index contributed by atoms with van der Waals surface area (Å²) >= 11 is 6.15. The molecule has 1 saturated carbocycles. The second-order valence-electron chi connectivity index (χ2n) is 5.34. The molecule has 0 aliphatic heterocycles. The van der Waals surface area contributed by atoms with Gasteiger partial charge in [-0.25, -0.2) is 0 Å². The van der Waals surface area contributed by atoms with Crippen LogP contribution >= 0.6 is 11.6 Å². The van der Waals surface area contributed by atoms with Crippen molar-refractivity contribution in [3.05, 3.63) is 30.0 Å². The molecular formula is C15H18ClN3. The van der Waals surface area contributed by atoms with E-state index >= 15 is 0 Å². The Hall–Kier alpha value is -1.35. The zero-order valence-electron chi connectivity index (χ0n) is 11.1. The summed E-state index contributed by atoms with van der Waals surface area (Å²) in [6.45, 7) is 2.93. The number of benzene rings is 1. The minimum absolute atomic E-state index is 0.354. The van der Waals surface area contributed by atoms with Crippen LogP contribution in [0.1, 0.15) is 25.0 Å². The maximum Gasteiger partial charge on any atom is 0.156 e. The first kappa shape index (κ1) is 12.7. The summed E-state index contributed by atoms with van der Waals surface area (Å²) in [7, 11) is 0. The van der Waals surface area contributed by atoms with Gasteiger partial charge in [0.1, 0.15) is 0 Å². The third kappa shape index (κ3) is 2.66. The molecule has 4 heteroatoms. The molecule has 1 N–H and O–H groups in total. The highest BCUT2D eigenvalue weighted by atomic mass is 35.5. The highest BCUT2D eigenvalue weighted by Crippen LogP contribution is 2.30. The first-order chi connectivity index (χ1) is 9.24. The highest BCUT2D eigenvalue weighted by Gasteiger charge is 2.22. The monoisotopic (exact) mass is 275 g/mol. The predicted molar refractivity (Wildman–Crippen MR) is 79.7 cm³/mol. The molecule has 1 aliphatic carbocycles. The number of aromatic nitrogens is 2. The van der Waals surface area contributed by atoms with Gasteiger partial charge in [0.15, 0.2) is 5.82 Å². The van der Waals surface area contributed by atoms with E-state index in [9.17, 15) is 0 Å².